The van der Waals surface area contributed by atoms with Crippen LogP contribution in [0.25, 0.3) is 5.69 Å². The summed E-state index contributed by atoms with van der Waals surface area (Å²) in [7, 11) is -4.07. The molecule has 2 unspecified atom stereocenters. The number of ketones is 1. The molecule has 0 amide bonds. The van der Waals surface area contributed by atoms with Gasteiger partial charge in [0, 0.05) is 37.7 Å². The van der Waals surface area contributed by atoms with Crippen molar-refractivity contribution >= 4 is 15.8 Å². The van der Waals surface area contributed by atoms with E-state index in [9.17, 15) is 30.8 Å². The number of carbonyl (C=O) groups is 1. The van der Waals surface area contributed by atoms with Crippen LogP contribution in [-0.4, -0.2) is 56.1 Å². The Hall–Kier alpha value is -3.91. The number of sulfonamides is 1. The van der Waals surface area contributed by atoms with Gasteiger partial charge >= 0.3 is 6.18 Å². The highest BCUT2D eigenvalue weighted by atomic mass is 32.2. The summed E-state index contributed by atoms with van der Waals surface area (Å²) in [4.78, 5) is 18.3. The number of fused-ring (bicyclic) bond motifs is 2. The number of halogens is 4. The molecule has 0 spiro atoms. The average molecular weight is 603 g/mol. The first kappa shape index (κ1) is 28.2. The molecular formula is C28H26F4N6O3S. The minimum atomic E-state index is -4.69. The highest BCUT2D eigenvalue weighted by Crippen LogP contribution is 2.48. The van der Waals surface area contributed by atoms with E-state index in [1.807, 2.05) is 6.92 Å². The maximum absolute atomic E-state index is 14.3. The van der Waals surface area contributed by atoms with Crippen LogP contribution < -0.4 is 0 Å². The topological polar surface area (TPSA) is 103 Å². The SMILES string of the molecule is CCn1cc(S(=O)(=O)N2CCC3Cc4c(cnn4-c4ccc(F)cc4)CC3(C(=O)c3cc(C(F)(F)F)ccn3)C2)cn1. The lowest BCUT2D eigenvalue weighted by Gasteiger charge is -2.49. The van der Waals surface area contributed by atoms with Crippen LogP contribution in [0.5, 0.6) is 0 Å². The molecule has 1 aliphatic heterocycles. The van der Waals surface area contributed by atoms with E-state index in [2.05, 4.69) is 15.2 Å². The van der Waals surface area contributed by atoms with Gasteiger partial charge in [0.05, 0.1) is 29.1 Å². The van der Waals surface area contributed by atoms with Gasteiger partial charge in [-0.05, 0) is 74.1 Å². The molecule has 0 bridgehead atoms. The van der Waals surface area contributed by atoms with Gasteiger partial charge in [-0.3, -0.25) is 14.5 Å². The number of alkyl halides is 3. The molecule has 2 atom stereocenters. The number of hydrogen-bond donors (Lipinski definition) is 0. The van der Waals surface area contributed by atoms with Crippen molar-refractivity contribution < 1.29 is 30.8 Å². The predicted octanol–water partition coefficient (Wildman–Crippen LogP) is 4.32. The van der Waals surface area contributed by atoms with E-state index in [1.54, 1.807) is 23.0 Å². The van der Waals surface area contributed by atoms with Crippen molar-refractivity contribution in [3.8, 4) is 5.69 Å². The van der Waals surface area contributed by atoms with Gasteiger partial charge < -0.3 is 0 Å². The zero-order valence-corrected chi connectivity index (χ0v) is 23.2. The Kier molecular flexibility index (Phi) is 6.80. The Morgan fingerprint density at radius 3 is 2.57 bits per heavy atom. The molecule has 2 aliphatic rings. The summed E-state index contributed by atoms with van der Waals surface area (Å²) >= 11 is 0. The third kappa shape index (κ3) is 4.71. The first-order chi connectivity index (χ1) is 19.9. The van der Waals surface area contributed by atoms with Gasteiger partial charge in [-0.2, -0.15) is 27.7 Å². The Balaban J connectivity index is 1.44. The van der Waals surface area contributed by atoms with Crippen LogP contribution in [0.4, 0.5) is 17.6 Å². The Labute approximate surface area is 238 Å². The average Bonchev–Trinajstić information content (AvgIpc) is 3.63. The fourth-order valence-electron chi connectivity index (χ4n) is 6.08. The molecule has 1 fully saturated rings. The Bertz CT molecular complexity index is 1770. The first-order valence-corrected chi connectivity index (χ1v) is 14.8. The van der Waals surface area contributed by atoms with Gasteiger partial charge in [0.1, 0.15) is 16.4 Å². The number of hydrogen-bond acceptors (Lipinski definition) is 6. The van der Waals surface area contributed by atoms with Crippen LogP contribution in [0.15, 0.2) is 66.1 Å². The molecule has 1 aliphatic carbocycles. The fraction of sp³-hybridized carbons (Fsp3) is 0.357. The quantitative estimate of drug-likeness (QED) is 0.241. The van der Waals surface area contributed by atoms with E-state index < -0.39 is 44.7 Å². The van der Waals surface area contributed by atoms with Gasteiger partial charge in [0.2, 0.25) is 10.0 Å². The zero-order valence-electron chi connectivity index (χ0n) is 22.4. The smallest absolute Gasteiger partial charge is 0.292 e. The third-order valence-corrected chi connectivity index (χ3v) is 10.1. The molecule has 0 saturated carbocycles. The van der Waals surface area contributed by atoms with Crippen LogP contribution in [0.1, 0.15) is 40.7 Å². The summed E-state index contributed by atoms with van der Waals surface area (Å²) in [5.74, 6) is -1.48. The summed E-state index contributed by atoms with van der Waals surface area (Å²) in [6.07, 6.45) is 1.13. The Morgan fingerprint density at radius 1 is 1.12 bits per heavy atom. The van der Waals surface area contributed by atoms with E-state index in [-0.39, 0.29) is 36.5 Å². The summed E-state index contributed by atoms with van der Waals surface area (Å²) in [6, 6.07) is 7.29. The van der Waals surface area contributed by atoms with Crippen molar-refractivity contribution in [2.45, 2.75) is 43.8 Å². The van der Waals surface area contributed by atoms with Crippen molar-refractivity contribution in [2.75, 3.05) is 13.1 Å². The lowest BCUT2D eigenvalue weighted by molar-refractivity contribution is -0.137. The van der Waals surface area contributed by atoms with Gasteiger partial charge in [-0.25, -0.2) is 17.5 Å². The minimum absolute atomic E-state index is 0.0248. The maximum atomic E-state index is 14.3. The van der Waals surface area contributed by atoms with E-state index in [0.29, 0.717) is 24.2 Å². The fourth-order valence-corrected chi connectivity index (χ4v) is 7.56. The van der Waals surface area contributed by atoms with Gasteiger partial charge in [0.25, 0.3) is 0 Å². The maximum Gasteiger partial charge on any atom is 0.416 e. The highest BCUT2D eigenvalue weighted by Gasteiger charge is 2.55. The number of pyridine rings is 1. The Morgan fingerprint density at radius 2 is 1.88 bits per heavy atom. The van der Waals surface area contributed by atoms with Crippen molar-refractivity contribution in [3.05, 3.63) is 89.5 Å². The van der Waals surface area contributed by atoms with E-state index in [4.69, 9.17) is 0 Å². The van der Waals surface area contributed by atoms with Crippen LogP contribution >= 0.6 is 0 Å². The van der Waals surface area contributed by atoms with Crippen molar-refractivity contribution in [1.29, 1.82) is 0 Å². The molecule has 3 aromatic heterocycles. The molecule has 9 nitrogen and oxygen atoms in total. The second kappa shape index (κ2) is 10.1. The number of piperidine rings is 1. The summed E-state index contributed by atoms with van der Waals surface area (Å²) in [5.41, 5.74) is -0.720. The summed E-state index contributed by atoms with van der Waals surface area (Å²) < 4.78 is 86.0. The van der Waals surface area contributed by atoms with Gasteiger partial charge in [0.15, 0.2) is 5.78 Å². The summed E-state index contributed by atoms with van der Waals surface area (Å²) in [6.45, 7) is 2.14. The first-order valence-electron chi connectivity index (χ1n) is 13.3. The van der Waals surface area contributed by atoms with Crippen molar-refractivity contribution in [3.63, 3.8) is 0 Å². The molecule has 1 saturated heterocycles. The predicted molar refractivity (Wildman–Crippen MR) is 142 cm³/mol. The number of rotatable bonds is 6. The molecule has 42 heavy (non-hydrogen) atoms. The standard InChI is InChI=1S/C28H26F4N6O3S/c1-2-36-16-23(15-34-36)42(40,41)37-10-8-19-12-25-18(14-35-38(25)22-5-3-21(29)4-6-22)13-27(19,17-37)26(39)24-11-20(7-9-33-24)28(30,31)32/h3-7,9,11,14-16,19H,2,8,10,12-13,17H2,1H3. The van der Waals surface area contributed by atoms with Crippen molar-refractivity contribution in [1.82, 2.24) is 28.9 Å². The summed E-state index contributed by atoms with van der Waals surface area (Å²) in [5, 5.41) is 8.54. The molecule has 0 N–H and O–H groups in total. The largest absolute Gasteiger partial charge is 0.416 e. The van der Waals surface area contributed by atoms with Gasteiger partial charge in [-0.15, -0.1) is 0 Å². The number of Topliss-reactive ketones (excluding diaryl/α,β-unsaturated/α-hetero) is 1. The van der Waals surface area contributed by atoms with Crippen LogP contribution in [0, 0.1) is 17.2 Å². The van der Waals surface area contributed by atoms with E-state index >= 15 is 0 Å². The highest BCUT2D eigenvalue weighted by molar-refractivity contribution is 7.89. The molecule has 220 valence electrons. The van der Waals surface area contributed by atoms with E-state index in [1.165, 1.54) is 33.5 Å². The third-order valence-electron chi connectivity index (χ3n) is 8.28. The molecule has 1 aromatic carbocycles. The molecule has 14 heteroatoms. The lowest BCUT2D eigenvalue weighted by atomic mass is 9.60. The molecular weight excluding hydrogens is 576 g/mol. The van der Waals surface area contributed by atoms with Crippen LogP contribution in [-0.2, 0) is 35.6 Å². The number of carbonyl (C=O) groups excluding carboxylic acids is 1. The monoisotopic (exact) mass is 602 g/mol. The number of benzene rings is 1. The number of nitrogens with zero attached hydrogens (tertiary/aromatic N) is 6. The zero-order chi connectivity index (χ0) is 29.9. The lowest BCUT2D eigenvalue weighted by Crippen LogP contribution is -2.57. The second-order valence-corrected chi connectivity index (χ2v) is 12.6. The normalized spacial score (nSPS) is 21.1. The van der Waals surface area contributed by atoms with Crippen LogP contribution in [0.2, 0.25) is 0 Å². The molecule has 4 aromatic rings. The number of aromatic nitrogens is 5. The number of aryl methyl sites for hydroxylation is 1. The molecule has 0 radical (unpaired) electrons. The van der Waals surface area contributed by atoms with Crippen molar-refractivity contribution in [2.24, 2.45) is 11.3 Å². The minimum Gasteiger partial charge on any atom is -0.292 e. The second-order valence-electron chi connectivity index (χ2n) is 10.7. The molecule has 4 heterocycles. The van der Waals surface area contributed by atoms with Gasteiger partial charge in [-0.1, -0.05) is 0 Å². The van der Waals surface area contributed by atoms with Crippen LogP contribution in [0.3, 0.4) is 0 Å². The molecule has 6 rings (SSSR count). The van der Waals surface area contributed by atoms with E-state index in [0.717, 1.165) is 24.0 Å².